The Morgan fingerprint density at radius 1 is 0.960 bits per heavy atom. The molecule has 0 aliphatic rings. The monoisotopic (exact) mass is 351 g/mol. The van der Waals surface area contributed by atoms with Gasteiger partial charge in [-0.25, -0.2) is 4.98 Å². The molecule has 0 saturated carbocycles. The van der Waals surface area contributed by atoms with E-state index in [0.717, 1.165) is 16.1 Å². The molecule has 6 heteroatoms. The lowest BCUT2D eigenvalue weighted by Gasteiger charge is -2.04. The minimum atomic E-state index is -0.304. The second kappa shape index (κ2) is 7.72. The van der Waals surface area contributed by atoms with Crippen molar-refractivity contribution in [3.8, 4) is 21.8 Å². The first-order chi connectivity index (χ1) is 12.2. The number of aromatic nitrogens is 1. The molecule has 25 heavy (non-hydrogen) atoms. The number of thiazole rings is 1. The first-order valence-electron chi connectivity index (χ1n) is 7.79. The molecule has 0 unspecified atom stereocenters. The van der Waals surface area contributed by atoms with E-state index in [1.54, 1.807) is 0 Å². The highest BCUT2D eigenvalue weighted by atomic mass is 32.1. The number of likely N-dealkylation sites (N-methyl/N-ethyl adjacent to an activating group) is 1. The number of benzene rings is 2. The van der Waals surface area contributed by atoms with Crippen LogP contribution in [0.1, 0.15) is 9.67 Å². The molecular weight excluding hydrogens is 334 g/mol. The summed E-state index contributed by atoms with van der Waals surface area (Å²) in [6, 6.07) is 19.3. The smallest absolute Gasteiger partial charge is 0.264 e. The van der Waals surface area contributed by atoms with Crippen LogP contribution >= 0.6 is 11.3 Å². The third kappa shape index (κ3) is 3.92. The summed E-state index contributed by atoms with van der Waals surface area (Å²) >= 11 is 1.32. The molecule has 3 aromatic rings. The van der Waals surface area contributed by atoms with Crippen LogP contribution in [0.2, 0.25) is 0 Å². The van der Waals surface area contributed by atoms with Gasteiger partial charge in [-0.05, 0) is 0 Å². The summed E-state index contributed by atoms with van der Waals surface area (Å²) in [5.41, 5.74) is 2.44. The average Bonchev–Trinajstić information content (AvgIpc) is 3.12. The Bertz CT molecular complexity index is 876. The third-order valence-corrected chi connectivity index (χ3v) is 4.69. The molecule has 0 saturated heterocycles. The summed E-state index contributed by atoms with van der Waals surface area (Å²) in [5, 5.41) is 5.90. The molecule has 0 aliphatic heterocycles. The molecule has 0 bridgehead atoms. The standard InChI is InChI=1S/C19H17N3O2S/c1-20-15(23)12-21-18(24)17-16(13-8-4-2-5-9-13)22-19(25-17)14-10-6-3-7-11-14/h2-11H,12H2,1H3,(H,20,23)(H,21,24). The van der Waals surface area contributed by atoms with E-state index in [2.05, 4.69) is 15.6 Å². The number of hydrogen-bond donors (Lipinski definition) is 2. The van der Waals surface area contributed by atoms with Crippen LogP contribution < -0.4 is 10.6 Å². The topological polar surface area (TPSA) is 71.1 Å². The quantitative estimate of drug-likeness (QED) is 0.742. The fourth-order valence-corrected chi connectivity index (χ4v) is 3.31. The van der Waals surface area contributed by atoms with Crippen LogP contribution in [0.4, 0.5) is 0 Å². The zero-order valence-corrected chi connectivity index (χ0v) is 14.5. The highest BCUT2D eigenvalue weighted by Gasteiger charge is 2.20. The molecule has 2 amide bonds. The fourth-order valence-electron chi connectivity index (χ4n) is 2.30. The van der Waals surface area contributed by atoms with E-state index in [1.807, 2.05) is 60.7 Å². The molecule has 2 N–H and O–H groups in total. The second-order valence-corrected chi connectivity index (χ2v) is 6.28. The summed E-state index contributed by atoms with van der Waals surface area (Å²) in [6.45, 7) is -0.0673. The molecule has 2 aromatic carbocycles. The van der Waals surface area contributed by atoms with Crippen molar-refractivity contribution in [3.63, 3.8) is 0 Å². The lowest BCUT2D eigenvalue weighted by Crippen LogP contribution is -2.35. The van der Waals surface area contributed by atoms with Gasteiger partial charge in [0.1, 0.15) is 9.88 Å². The maximum atomic E-state index is 12.6. The summed E-state index contributed by atoms with van der Waals surface area (Å²) in [4.78, 5) is 29.1. The lowest BCUT2D eigenvalue weighted by molar-refractivity contribution is -0.119. The Labute approximate surface area is 149 Å². The number of hydrogen-bond acceptors (Lipinski definition) is 4. The van der Waals surface area contributed by atoms with Crippen molar-refractivity contribution in [1.29, 1.82) is 0 Å². The van der Waals surface area contributed by atoms with Gasteiger partial charge in [-0.3, -0.25) is 9.59 Å². The molecule has 0 atom stereocenters. The van der Waals surface area contributed by atoms with Crippen molar-refractivity contribution >= 4 is 23.2 Å². The third-order valence-electron chi connectivity index (χ3n) is 3.59. The van der Waals surface area contributed by atoms with Gasteiger partial charge in [-0.2, -0.15) is 0 Å². The van der Waals surface area contributed by atoms with Gasteiger partial charge in [-0.15, -0.1) is 11.3 Å². The summed E-state index contributed by atoms with van der Waals surface area (Å²) in [7, 11) is 1.53. The molecule has 3 rings (SSSR count). The van der Waals surface area contributed by atoms with E-state index in [1.165, 1.54) is 18.4 Å². The molecule has 0 radical (unpaired) electrons. The molecule has 1 aromatic heterocycles. The zero-order chi connectivity index (χ0) is 17.6. The van der Waals surface area contributed by atoms with Crippen molar-refractivity contribution in [2.24, 2.45) is 0 Å². The van der Waals surface area contributed by atoms with E-state index >= 15 is 0 Å². The molecule has 0 fully saturated rings. The van der Waals surface area contributed by atoms with Crippen molar-refractivity contribution in [1.82, 2.24) is 15.6 Å². The first kappa shape index (κ1) is 16.9. The van der Waals surface area contributed by atoms with Crippen LogP contribution in [0.25, 0.3) is 21.8 Å². The number of carbonyl (C=O) groups excluding carboxylic acids is 2. The maximum absolute atomic E-state index is 12.6. The Morgan fingerprint density at radius 3 is 2.16 bits per heavy atom. The Morgan fingerprint density at radius 2 is 1.56 bits per heavy atom. The maximum Gasteiger partial charge on any atom is 0.264 e. The van der Waals surface area contributed by atoms with E-state index in [-0.39, 0.29) is 18.4 Å². The predicted molar refractivity (Wildman–Crippen MR) is 99.4 cm³/mol. The molecule has 1 heterocycles. The van der Waals surface area contributed by atoms with Gasteiger partial charge in [0.05, 0.1) is 12.2 Å². The van der Waals surface area contributed by atoms with Crippen LogP contribution in [-0.4, -0.2) is 30.4 Å². The summed E-state index contributed by atoms with van der Waals surface area (Å²) in [6.07, 6.45) is 0. The first-order valence-corrected chi connectivity index (χ1v) is 8.61. The van der Waals surface area contributed by atoms with Crippen molar-refractivity contribution in [2.45, 2.75) is 0 Å². The zero-order valence-electron chi connectivity index (χ0n) is 13.7. The largest absolute Gasteiger partial charge is 0.358 e. The van der Waals surface area contributed by atoms with E-state index in [0.29, 0.717) is 10.6 Å². The van der Waals surface area contributed by atoms with Gasteiger partial charge in [0, 0.05) is 18.2 Å². The van der Waals surface area contributed by atoms with Crippen LogP contribution in [0.5, 0.6) is 0 Å². The van der Waals surface area contributed by atoms with Gasteiger partial charge < -0.3 is 10.6 Å². The molecule has 126 valence electrons. The average molecular weight is 351 g/mol. The van der Waals surface area contributed by atoms with Crippen LogP contribution in [0.15, 0.2) is 60.7 Å². The van der Waals surface area contributed by atoms with Gasteiger partial charge in [0.25, 0.3) is 5.91 Å². The number of rotatable bonds is 5. The van der Waals surface area contributed by atoms with E-state index in [4.69, 9.17) is 0 Å². The minimum absolute atomic E-state index is 0.0673. The van der Waals surface area contributed by atoms with Gasteiger partial charge in [0.2, 0.25) is 5.91 Å². The van der Waals surface area contributed by atoms with Gasteiger partial charge in [-0.1, -0.05) is 60.7 Å². The SMILES string of the molecule is CNC(=O)CNC(=O)c1sc(-c2ccccc2)nc1-c1ccccc1. The number of nitrogens with zero attached hydrogens (tertiary/aromatic N) is 1. The van der Waals surface area contributed by atoms with Crippen LogP contribution in [0, 0.1) is 0 Å². The fraction of sp³-hybridized carbons (Fsp3) is 0.105. The molecule has 0 aliphatic carbocycles. The Balaban J connectivity index is 1.99. The highest BCUT2D eigenvalue weighted by molar-refractivity contribution is 7.17. The number of amides is 2. The summed E-state index contributed by atoms with van der Waals surface area (Å²) in [5.74, 6) is -0.551. The van der Waals surface area contributed by atoms with Crippen molar-refractivity contribution in [2.75, 3.05) is 13.6 Å². The number of carbonyl (C=O) groups is 2. The van der Waals surface area contributed by atoms with Gasteiger partial charge >= 0.3 is 0 Å². The predicted octanol–water partition coefficient (Wildman–Crippen LogP) is 2.95. The highest BCUT2D eigenvalue weighted by Crippen LogP contribution is 2.33. The normalized spacial score (nSPS) is 10.3. The van der Waals surface area contributed by atoms with Crippen LogP contribution in [0.3, 0.4) is 0 Å². The Hall–Kier alpha value is -2.99. The summed E-state index contributed by atoms with van der Waals surface area (Å²) < 4.78 is 0. The van der Waals surface area contributed by atoms with E-state index in [9.17, 15) is 9.59 Å². The van der Waals surface area contributed by atoms with Crippen molar-refractivity contribution < 1.29 is 9.59 Å². The minimum Gasteiger partial charge on any atom is -0.358 e. The number of nitrogens with one attached hydrogen (secondary N) is 2. The second-order valence-electron chi connectivity index (χ2n) is 5.28. The molecular formula is C19H17N3O2S. The molecule has 0 spiro atoms. The van der Waals surface area contributed by atoms with E-state index < -0.39 is 0 Å². The van der Waals surface area contributed by atoms with Crippen molar-refractivity contribution in [3.05, 3.63) is 65.5 Å². The lowest BCUT2D eigenvalue weighted by atomic mass is 10.1. The Kier molecular flexibility index (Phi) is 5.20. The molecule has 5 nitrogen and oxygen atoms in total. The van der Waals surface area contributed by atoms with Gasteiger partial charge in [0.15, 0.2) is 0 Å². The van der Waals surface area contributed by atoms with Crippen LogP contribution in [-0.2, 0) is 4.79 Å².